The summed E-state index contributed by atoms with van der Waals surface area (Å²) in [6.07, 6.45) is 6.41. The van der Waals surface area contributed by atoms with Gasteiger partial charge in [0, 0.05) is 12.5 Å². The SMILES string of the molecule is O=C(CCl)NC1CCC(=O)NC1C1CC2CCC1C2. The van der Waals surface area contributed by atoms with E-state index in [-0.39, 0.29) is 29.8 Å². The first-order chi connectivity index (χ1) is 9.17. The Morgan fingerprint density at radius 3 is 2.79 bits per heavy atom. The predicted octanol–water partition coefficient (Wildman–Crippen LogP) is 1.42. The van der Waals surface area contributed by atoms with E-state index in [1.54, 1.807) is 0 Å². The molecule has 3 aliphatic rings. The lowest BCUT2D eigenvalue weighted by Crippen LogP contribution is -2.59. The van der Waals surface area contributed by atoms with Gasteiger partial charge in [-0.15, -0.1) is 11.6 Å². The van der Waals surface area contributed by atoms with Gasteiger partial charge < -0.3 is 10.6 Å². The molecule has 0 spiro atoms. The molecule has 5 unspecified atom stereocenters. The summed E-state index contributed by atoms with van der Waals surface area (Å²) in [5.41, 5.74) is 0. The Morgan fingerprint density at radius 2 is 2.16 bits per heavy atom. The number of rotatable bonds is 3. The minimum absolute atomic E-state index is 0.00606. The van der Waals surface area contributed by atoms with Crippen LogP contribution in [0.5, 0.6) is 0 Å². The molecule has 5 atom stereocenters. The number of hydrogen-bond donors (Lipinski definition) is 2. The number of fused-ring (bicyclic) bond motifs is 2. The quantitative estimate of drug-likeness (QED) is 0.770. The minimum atomic E-state index is -0.129. The molecule has 2 bridgehead atoms. The topological polar surface area (TPSA) is 58.2 Å². The summed E-state index contributed by atoms with van der Waals surface area (Å²) in [7, 11) is 0. The number of amides is 2. The fraction of sp³-hybridized carbons (Fsp3) is 0.857. The molecule has 2 amide bonds. The Morgan fingerprint density at radius 1 is 1.32 bits per heavy atom. The van der Waals surface area contributed by atoms with E-state index in [4.69, 9.17) is 11.6 Å². The molecule has 2 aliphatic carbocycles. The number of alkyl halides is 1. The van der Waals surface area contributed by atoms with Crippen LogP contribution in [0.15, 0.2) is 0 Å². The highest BCUT2D eigenvalue weighted by atomic mass is 35.5. The smallest absolute Gasteiger partial charge is 0.235 e. The van der Waals surface area contributed by atoms with Gasteiger partial charge in [0.05, 0.1) is 6.04 Å². The van der Waals surface area contributed by atoms with Gasteiger partial charge in [-0.25, -0.2) is 0 Å². The fourth-order valence-corrected chi connectivity index (χ4v) is 4.45. The maximum Gasteiger partial charge on any atom is 0.235 e. The Hall–Kier alpha value is -0.770. The summed E-state index contributed by atoms with van der Waals surface area (Å²) in [5, 5.41) is 6.12. The second kappa shape index (κ2) is 5.31. The highest BCUT2D eigenvalue weighted by molar-refractivity contribution is 6.27. The fourth-order valence-electron chi connectivity index (χ4n) is 4.37. The number of hydrogen-bond acceptors (Lipinski definition) is 2. The van der Waals surface area contributed by atoms with Crippen LogP contribution in [0, 0.1) is 17.8 Å². The van der Waals surface area contributed by atoms with Crippen LogP contribution in [0.1, 0.15) is 38.5 Å². The highest BCUT2D eigenvalue weighted by Crippen LogP contribution is 2.50. The van der Waals surface area contributed by atoms with Crippen molar-refractivity contribution in [3.8, 4) is 0 Å². The molecule has 0 aromatic rings. The molecule has 3 rings (SSSR count). The summed E-state index contributed by atoms with van der Waals surface area (Å²) in [4.78, 5) is 23.2. The Bertz CT molecular complexity index is 388. The third-order valence-corrected chi connectivity index (χ3v) is 5.41. The molecule has 1 aliphatic heterocycles. The number of halogens is 1. The second-order valence-electron chi connectivity index (χ2n) is 6.28. The van der Waals surface area contributed by atoms with E-state index in [9.17, 15) is 9.59 Å². The molecular formula is C14H21ClN2O2. The number of carbonyl (C=O) groups excluding carboxylic acids is 2. The first-order valence-corrected chi connectivity index (χ1v) is 7.85. The lowest BCUT2D eigenvalue weighted by Gasteiger charge is -2.39. The summed E-state index contributed by atoms with van der Waals surface area (Å²) >= 11 is 5.57. The van der Waals surface area contributed by atoms with Gasteiger partial charge in [0.1, 0.15) is 5.88 Å². The van der Waals surface area contributed by atoms with Crippen LogP contribution < -0.4 is 10.6 Å². The lowest BCUT2D eigenvalue weighted by atomic mass is 9.78. The lowest BCUT2D eigenvalue weighted by molar-refractivity contribution is -0.127. The first kappa shape index (κ1) is 13.2. The van der Waals surface area contributed by atoms with Crippen LogP contribution in [0.25, 0.3) is 0 Å². The molecule has 5 heteroatoms. The van der Waals surface area contributed by atoms with Gasteiger partial charge in [0.2, 0.25) is 11.8 Å². The zero-order valence-corrected chi connectivity index (χ0v) is 11.8. The summed E-state index contributed by atoms with van der Waals surface area (Å²) < 4.78 is 0. The monoisotopic (exact) mass is 284 g/mol. The Balaban J connectivity index is 1.71. The van der Waals surface area contributed by atoms with Crippen LogP contribution in [-0.4, -0.2) is 29.8 Å². The van der Waals surface area contributed by atoms with E-state index in [0.717, 1.165) is 18.3 Å². The molecule has 3 fully saturated rings. The van der Waals surface area contributed by atoms with Crippen LogP contribution in [0.2, 0.25) is 0 Å². The maximum atomic E-state index is 11.7. The first-order valence-electron chi connectivity index (χ1n) is 7.32. The van der Waals surface area contributed by atoms with Gasteiger partial charge >= 0.3 is 0 Å². The van der Waals surface area contributed by atoms with Crippen molar-refractivity contribution in [2.24, 2.45) is 17.8 Å². The van der Waals surface area contributed by atoms with Gasteiger partial charge in [-0.3, -0.25) is 9.59 Å². The standard InChI is InChI=1S/C14H21ClN2O2/c15-7-13(19)16-11-3-4-12(18)17-14(11)10-6-8-1-2-9(10)5-8/h8-11,14H,1-7H2,(H,16,19)(H,17,18). The van der Waals surface area contributed by atoms with Gasteiger partial charge in [-0.2, -0.15) is 0 Å². The van der Waals surface area contributed by atoms with E-state index >= 15 is 0 Å². The average Bonchev–Trinajstić information content (AvgIpc) is 3.03. The van der Waals surface area contributed by atoms with Crippen molar-refractivity contribution in [3.63, 3.8) is 0 Å². The van der Waals surface area contributed by atoms with Crippen molar-refractivity contribution >= 4 is 23.4 Å². The maximum absolute atomic E-state index is 11.7. The highest BCUT2D eigenvalue weighted by Gasteiger charge is 2.46. The van der Waals surface area contributed by atoms with Crippen molar-refractivity contribution in [1.82, 2.24) is 10.6 Å². The normalized spacial score (nSPS) is 41.1. The molecule has 19 heavy (non-hydrogen) atoms. The van der Waals surface area contributed by atoms with E-state index in [1.165, 1.54) is 25.7 Å². The molecule has 4 nitrogen and oxygen atoms in total. The largest absolute Gasteiger partial charge is 0.351 e. The number of piperidine rings is 1. The molecule has 2 N–H and O–H groups in total. The molecule has 1 heterocycles. The van der Waals surface area contributed by atoms with Crippen molar-refractivity contribution in [2.45, 2.75) is 50.6 Å². The molecular weight excluding hydrogens is 264 g/mol. The molecule has 0 aromatic carbocycles. The van der Waals surface area contributed by atoms with E-state index in [0.29, 0.717) is 12.3 Å². The zero-order valence-electron chi connectivity index (χ0n) is 11.0. The number of carbonyl (C=O) groups is 2. The predicted molar refractivity (Wildman–Crippen MR) is 72.8 cm³/mol. The van der Waals surface area contributed by atoms with Crippen molar-refractivity contribution in [2.75, 3.05) is 5.88 Å². The third kappa shape index (κ3) is 2.60. The summed E-state index contributed by atoms with van der Waals surface area (Å²) in [5.74, 6) is 2.12. The van der Waals surface area contributed by atoms with E-state index < -0.39 is 0 Å². The molecule has 2 saturated carbocycles. The minimum Gasteiger partial charge on any atom is -0.351 e. The average molecular weight is 285 g/mol. The van der Waals surface area contributed by atoms with E-state index in [1.807, 2.05) is 0 Å². The Kier molecular flexibility index (Phi) is 3.70. The summed E-state index contributed by atoms with van der Waals surface area (Å²) in [6, 6.07) is 0.178. The molecule has 1 saturated heterocycles. The molecule has 0 aromatic heterocycles. The van der Waals surface area contributed by atoms with Gasteiger partial charge in [-0.1, -0.05) is 6.42 Å². The van der Waals surface area contributed by atoms with Crippen molar-refractivity contribution < 1.29 is 9.59 Å². The molecule has 106 valence electrons. The summed E-state index contributed by atoms with van der Waals surface area (Å²) in [6.45, 7) is 0. The van der Waals surface area contributed by atoms with Crippen LogP contribution in [0.3, 0.4) is 0 Å². The van der Waals surface area contributed by atoms with Crippen LogP contribution in [0.4, 0.5) is 0 Å². The number of nitrogens with one attached hydrogen (secondary N) is 2. The second-order valence-corrected chi connectivity index (χ2v) is 6.55. The van der Waals surface area contributed by atoms with Crippen molar-refractivity contribution in [3.05, 3.63) is 0 Å². The Labute approximate surface area is 118 Å². The van der Waals surface area contributed by atoms with Gasteiger partial charge in [0.25, 0.3) is 0 Å². The van der Waals surface area contributed by atoms with Crippen LogP contribution >= 0.6 is 11.6 Å². The van der Waals surface area contributed by atoms with Gasteiger partial charge in [0.15, 0.2) is 0 Å². The van der Waals surface area contributed by atoms with Crippen molar-refractivity contribution in [1.29, 1.82) is 0 Å². The van der Waals surface area contributed by atoms with E-state index in [2.05, 4.69) is 10.6 Å². The zero-order chi connectivity index (χ0) is 13.4. The van der Waals surface area contributed by atoms with Crippen LogP contribution in [-0.2, 0) is 9.59 Å². The van der Waals surface area contributed by atoms with Gasteiger partial charge in [-0.05, 0) is 43.4 Å². The molecule has 0 radical (unpaired) electrons. The third-order valence-electron chi connectivity index (χ3n) is 5.17.